The van der Waals surface area contributed by atoms with Crippen molar-refractivity contribution in [3.8, 4) is 28.7 Å². The number of hydrogen-bond acceptors (Lipinski definition) is 9. The van der Waals surface area contributed by atoms with Crippen LogP contribution in [-0.2, 0) is 9.59 Å². The van der Waals surface area contributed by atoms with Crippen molar-refractivity contribution in [3.05, 3.63) is 47.2 Å². The summed E-state index contributed by atoms with van der Waals surface area (Å²) in [5.74, 6) is 0.0551. The largest absolute Gasteiger partial charge is 0.493 e. The number of amides is 1. The van der Waals surface area contributed by atoms with Crippen LogP contribution in [0.3, 0.4) is 0 Å². The topological polar surface area (TPSA) is 130 Å². The lowest BCUT2D eigenvalue weighted by atomic mass is 10.1. The molecule has 1 atom stereocenters. The number of ether oxygens (including phenoxy) is 5. The van der Waals surface area contributed by atoms with Crippen LogP contribution in [0.25, 0.3) is 6.08 Å². The van der Waals surface area contributed by atoms with Gasteiger partial charge in [-0.3, -0.25) is 9.59 Å². The summed E-state index contributed by atoms with van der Waals surface area (Å²) in [6, 6.07) is 6.94. The van der Waals surface area contributed by atoms with Gasteiger partial charge in [0.1, 0.15) is 17.5 Å². The highest BCUT2D eigenvalue weighted by Gasteiger charge is 2.29. The van der Waals surface area contributed by atoms with Crippen LogP contribution < -0.4 is 29.0 Å². The van der Waals surface area contributed by atoms with Crippen molar-refractivity contribution in [2.75, 3.05) is 39.9 Å². The molecule has 0 bridgehead atoms. The molecule has 35 heavy (non-hydrogen) atoms. The molecule has 0 aromatic heterocycles. The third-order valence-corrected chi connectivity index (χ3v) is 5.67. The maximum Gasteiger partial charge on any atom is 0.327 e. The minimum absolute atomic E-state index is 0.0711. The molecule has 1 aliphatic rings. The van der Waals surface area contributed by atoms with Gasteiger partial charge in [-0.15, -0.1) is 0 Å². The molecule has 11 heteroatoms. The molecule has 0 saturated heterocycles. The van der Waals surface area contributed by atoms with Crippen molar-refractivity contribution >= 4 is 35.5 Å². The predicted molar refractivity (Wildman–Crippen MR) is 129 cm³/mol. The van der Waals surface area contributed by atoms with Gasteiger partial charge in [0.05, 0.1) is 26.9 Å². The van der Waals surface area contributed by atoms with Gasteiger partial charge in [0.15, 0.2) is 23.9 Å². The number of allylic oxidation sites excluding steroid dienone is 1. The molecule has 0 radical (unpaired) electrons. The fourth-order valence-corrected chi connectivity index (χ4v) is 3.92. The van der Waals surface area contributed by atoms with Gasteiger partial charge in [-0.1, -0.05) is 0 Å². The Labute approximate surface area is 206 Å². The van der Waals surface area contributed by atoms with Crippen molar-refractivity contribution in [1.82, 2.24) is 5.32 Å². The lowest BCUT2D eigenvalue weighted by Crippen LogP contribution is -2.44. The molecule has 0 saturated carbocycles. The highest BCUT2D eigenvalue weighted by atomic mass is 32.2. The first-order chi connectivity index (χ1) is 16.8. The van der Waals surface area contributed by atoms with Crippen molar-refractivity contribution in [1.29, 1.82) is 0 Å². The highest BCUT2D eigenvalue weighted by molar-refractivity contribution is 7.98. The smallest absolute Gasteiger partial charge is 0.327 e. The second-order valence-corrected chi connectivity index (χ2v) is 8.13. The number of benzene rings is 2. The minimum atomic E-state index is -1.12. The van der Waals surface area contributed by atoms with Crippen LogP contribution >= 0.6 is 11.8 Å². The van der Waals surface area contributed by atoms with E-state index in [1.807, 2.05) is 0 Å². The molecule has 1 unspecified atom stereocenters. The van der Waals surface area contributed by atoms with E-state index in [2.05, 4.69) is 5.32 Å². The fraction of sp³-hybridized carbons (Fsp3) is 0.292. The minimum Gasteiger partial charge on any atom is -0.493 e. The zero-order valence-corrected chi connectivity index (χ0v) is 20.4. The number of fused-ring (bicyclic) bond motifs is 1. The predicted octanol–water partition coefficient (Wildman–Crippen LogP) is 2.64. The number of nitrogens with one attached hydrogen (secondary N) is 1. The average Bonchev–Trinajstić information content (AvgIpc) is 3.16. The van der Waals surface area contributed by atoms with Crippen LogP contribution in [0.15, 0.2) is 36.1 Å². The Kier molecular flexibility index (Phi) is 8.48. The number of Topliss-reactive ketones (excluding diaryl/α,β-unsaturated/α-hetero) is 1. The van der Waals surface area contributed by atoms with Gasteiger partial charge in [-0.25, -0.2) is 4.79 Å². The van der Waals surface area contributed by atoms with Crippen LogP contribution in [0.4, 0.5) is 0 Å². The van der Waals surface area contributed by atoms with Crippen molar-refractivity contribution < 1.29 is 43.2 Å². The number of thioether (sulfide) groups is 1. The number of hydrogen-bond donors (Lipinski definition) is 2. The number of ketones is 1. The van der Waals surface area contributed by atoms with E-state index in [9.17, 15) is 14.4 Å². The summed E-state index contributed by atoms with van der Waals surface area (Å²) in [7, 11) is 4.47. The summed E-state index contributed by atoms with van der Waals surface area (Å²) in [4.78, 5) is 36.1. The van der Waals surface area contributed by atoms with E-state index in [1.54, 1.807) is 18.4 Å². The first-order valence-electron chi connectivity index (χ1n) is 10.3. The summed E-state index contributed by atoms with van der Waals surface area (Å²) < 4.78 is 27.3. The fourth-order valence-electron chi connectivity index (χ4n) is 3.36. The van der Waals surface area contributed by atoms with E-state index in [4.69, 9.17) is 28.8 Å². The Hall–Kier alpha value is -3.86. The zero-order valence-electron chi connectivity index (χ0n) is 19.6. The molecular formula is C24H25NO9S. The zero-order chi connectivity index (χ0) is 25.5. The van der Waals surface area contributed by atoms with E-state index in [1.165, 1.54) is 57.4 Å². The van der Waals surface area contributed by atoms with Crippen LogP contribution in [-0.4, -0.2) is 68.8 Å². The van der Waals surface area contributed by atoms with Gasteiger partial charge in [0.25, 0.3) is 5.91 Å². The van der Waals surface area contributed by atoms with Crippen molar-refractivity contribution in [3.63, 3.8) is 0 Å². The van der Waals surface area contributed by atoms with Crippen molar-refractivity contribution in [2.24, 2.45) is 0 Å². The second-order valence-electron chi connectivity index (χ2n) is 7.22. The van der Waals surface area contributed by atoms with E-state index in [0.717, 1.165) is 0 Å². The van der Waals surface area contributed by atoms with Gasteiger partial charge in [0.2, 0.25) is 11.5 Å². The summed E-state index contributed by atoms with van der Waals surface area (Å²) in [5, 5.41) is 11.5. The molecule has 0 aliphatic carbocycles. The molecule has 186 valence electrons. The Balaban J connectivity index is 1.74. The molecule has 0 fully saturated rings. The molecule has 1 amide bonds. The van der Waals surface area contributed by atoms with E-state index >= 15 is 0 Å². The SMILES string of the molecule is COc1ccc(C=C2Oc3cc(OCC(=O)NC(CSC)C(=O)O)ccc3C2=O)c(OC)c1OC. The van der Waals surface area contributed by atoms with Gasteiger partial charge in [0, 0.05) is 17.4 Å². The van der Waals surface area contributed by atoms with Gasteiger partial charge < -0.3 is 34.1 Å². The van der Waals surface area contributed by atoms with E-state index in [0.29, 0.717) is 28.4 Å². The third kappa shape index (κ3) is 5.80. The molecule has 2 aromatic rings. The molecule has 10 nitrogen and oxygen atoms in total. The summed E-state index contributed by atoms with van der Waals surface area (Å²) >= 11 is 1.30. The van der Waals surface area contributed by atoms with E-state index < -0.39 is 24.5 Å². The van der Waals surface area contributed by atoms with Crippen LogP contribution in [0.1, 0.15) is 15.9 Å². The number of carbonyl (C=O) groups excluding carboxylic acids is 2. The summed E-state index contributed by atoms with van der Waals surface area (Å²) in [6.45, 7) is -0.392. The molecule has 2 aromatic carbocycles. The maximum absolute atomic E-state index is 12.8. The average molecular weight is 504 g/mol. The Morgan fingerprint density at radius 3 is 2.49 bits per heavy atom. The number of carbonyl (C=O) groups is 3. The van der Waals surface area contributed by atoms with Gasteiger partial charge >= 0.3 is 5.97 Å². The number of methoxy groups -OCH3 is 3. The monoisotopic (exact) mass is 503 g/mol. The first-order valence-corrected chi connectivity index (χ1v) is 11.7. The van der Waals surface area contributed by atoms with E-state index in [-0.39, 0.29) is 28.8 Å². The third-order valence-electron chi connectivity index (χ3n) is 5.00. The molecule has 1 heterocycles. The van der Waals surface area contributed by atoms with Crippen LogP contribution in [0.5, 0.6) is 28.7 Å². The lowest BCUT2D eigenvalue weighted by Gasteiger charge is -2.14. The molecule has 1 aliphatic heterocycles. The highest BCUT2D eigenvalue weighted by Crippen LogP contribution is 2.42. The van der Waals surface area contributed by atoms with Gasteiger partial charge in [-0.05, 0) is 36.6 Å². The first kappa shape index (κ1) is 25.8. The molecule has 2 N–H and O–H groups in total. The lowest BCUT2D eigenvalue weighted by molar-refractivity contribution is -0.141. The number of aliphatic carboxylic acids is 1. The van der Waals surface area contributed by atoms with Crippen molar-refractivity contribution in [2.45, 2.75) is 6.04 Å². The number of rotatable bonds is 11. The summed E-state index contributed by atoms with van der Waals surface area (Å²) in [6.07, 6.45) is 3.28. The molecule has 3 rings (SSSR count). The number of carboxylic acid groups (broad SMARTS) is 1. The summed E-state index contributed by atoms with van der Waals surface area (Å²) in [5.41, 5.74) is 0.881. The van der Waals surface area contributed by atoms with Crippen LogP contribution in [0.2, 0.25) is 0 Å². The Morgan fingerprint density at radius 2 is 1.86 bits per heavy atom. The van der Waals surface area contributed by atoms with Gasteiger partial charge in [-0.2, -0.15) is 11.8 Å². The Bertz CT molecular complexity index is 1160. The Morgan fingerprint density at radius 1 is 1.11 bits per heavy atom. The normalized spacial score (nSPS) is 14.1. The quantitative estimate of drug-likeness (QED) is 0.442. The second kappa shape index (κ2) is 11.5. The van der Waals surface area contributed by atoms with Crippen LogP contribution in [0, 0.1) is 0 Å². The molecular weight excluding hydrogens is 478 g/mol. The molecule has 0 spiro atoms. The maximum atomic E-state index is 12.8. The standard InChI is InChI=1S/C24H25NO9S/c1-30-17-8-5-13(22(31-2)23(17)32-3)9-19-21(27)15-7-6-14(10-18(15)34-19)33-11-20(26)25-16(12-35-4)24(28)29/h5-10,16H,11-12H2,1-4H3,(H,25,26)(H,28,29). The number of carboxylic acids is 1.